The molecular weight excluding hydrogens is 371 g/mol. The lowest BCUT2D eigenvalue weighted by molar-refractivity contribution is -0.114. The summed E-state index contributed by atoms with van der Waals surface area (Å²) in [6, 6.07) is 12.5. The summed E-state index contributed by atoms with van der Waals surface area (Å²) >= 11 is 11.8. The van der Waals surface area contributed by atoms with E-state index in [2.05, 4.69) is 17.6 Å². The molecule has 0 atom stereocenters. The fourth-order valence-electron chi connectivity index (χ4n) is 2.35. The van der Waals surface area contributed by atoms with Crippen LogP contribution in [0, 0.1) is 0 Å². The van der Waals surface area contributed by atoms with Crippen molar-refractivity contribution in [2.75, 3.05) is 23.8 Å². The maximum Gasteiger partial charge on any atom is 0.243 e. The quantitative estimate of drug-likeness (QED) is 0.485. The third kappa shape index (κ3) is 7.14. The predicted octanol–water partition coefficient (Wildman–Crippen LogP) is 6.00. The first kappa shape index (κ1) is 20.4. The predicted molar refractivity (Wildman–Crippen MR) is 110 cm³/mol. The number of rotatable bonds is 10. The number of unbranched alkanes of at least 4 members (excludes halogenated alkanes) is 3. The fourth-order valence-corrected chi connectivity index (χ4v) is 2.65. The van der Waals surface area contributed by atoms with Gasteiger partial charge in [0.1, 0.15) is 5.75 Å². The Morgan fingerprint density at radius 3 is 2.38 bits per heavy atom. The number of amides is 1. The first-order chi connectivity index (χ1) is 12.6. The summed E-state index contributed by atoms with van der Waals surface area (Å²) in [5.41, 5.74) is 1.46. The minimum absolute atomic E-state index is 0.133. The molecule has 0 saturated heterocycles. The molecule has 2 N–H and O–H groups in total. The van der Waals surface area contributed by atoms with Crippen molar-refractivity contribution in [2.24, 2.45) is 0 Å². The summed E-state index contributed by atoms with van der Waals surface area (Å²) in [6.07, 6.45) is 4.71. The third-order valence-corrected chi connectivity index (χ3v) is 4.52. The van der Waals surface area contributed by atoms with Crippen molar-refractivity contribution in [2.45, 2.75) is 32.6 Å². The van der Waals surface area contributed by atoms with Gasteiger partial charge >= 0.3 is 0 Å². The van der Waals surface area contributed by atoms with Crippen molar-refractivity contribution in [1.29, 1.82) is 0 Å². The zero-order chi connectivity index (χ0) is 18.8. The second-order valence-corrected chi connectivity index (χ2v) is 6.78. The zero-order valence-corrected chi connectivity index (χ0v) is 16.4. The summed E-state index contributed by atoms with van der Waals surface area (Å²) in [5, 5.41) is 6.77. The Bertz CT molecular complexity index is 705. The van der Waals surface area contributed by atoms with Crippen LogP contribution in [0.4, 0.5) is 11.4 Å². The van der Waals surface area contributed by atoms with Crippen LogP contribution < -0.4 is 15.4 Å². The van der Waals surface area contributed by atoms with Crippen LogP contribution in [0.25, 0.3) is 0 Å². The van der Waals surface area contributed by atoms with E-state index in [9.17, 15) is 4.79 Å². The number of hydrogen-bond donors (Lipinski definition) is 2. The topological polar surface area (TPSA) is 50.4 Å². The van der Waals surface area contributed by atoms with E-state index < -0.39 is 0 Å². The summed E-state index contributed by atoms with van der Waals surface area (Å²) in [5.74, 6) is 0.665. The van der Waals surface area contributed by atoms with Gasteiger partial charge < -0.3 is 15.4 Å². The molecule has 0 aliphatic carbocycles. The van der Waals surface area contributed by atoms with Gasteiger partial charge in [-0.15, -0.1) is 0 Å². The highest BCUT2D eigenvalue weighted by atomic mass is 35.5. The van der Waals surface area contributed by atoms with Gasteiger partial charge in [0.05, 0.1) is 23.2 Å². The number of halogens is 2. The van der Waals surface area contributed by atoms with Gasteiger partial charge in [-0.1, -0.05) is 49.4 Å². The molecule has 2 aromatic carbocycles. The van der Waals surface area contributed by atoms with Gasteiger partial charge in [0.25, 0.3) is 0 Å². The number of carbonyl (C=O) groups excluding carboxylic acids is 1. The molecule has 4 nitrogen and oxygen atoms in total. The molecule has 2 rings (SSSR count). The van der Waals surface area contributed by atoms with Gasteiger partial charge in [0.2, 0.25) is 5.91 Å². The van der Waals surface area contributed by atoms with E-state index in [-0.39, 0.29) is 12.5 Å². The number of ether oxygens (including phenoxy) is 1. The van der Waals surface area contributed by atoms with Crippen molar-refractivity contribution >= 4 is 40.5 Å². The lowest BCUT2D eigenvalue weighted by Crippen LogP contribution is -2.21. The Kier molecular flexibility index (Phi) is 8.59. The molecule has 6 heteroatoms. The van der Waals surface area contributed by atoms with Crippen LogP contribution in [-0.4, -0.2) is 19.1 Å². The van der Waals surface area contributed by atoms with E-state index in [4.69, 9.17) is 27.9 Å². The summed E-state index contributed by atoms with van der Waals surface area (Å²) in [4.78, 5) is 12.0. The largest absolute Gasteiger partial charge is 0.494 e. The second-order valence-electron chi connectivity index (χ2n) is 5.96. The molecule has 2 aromatic rings. The molecule has 0 fully saturated rings. The number of nitrogens with one attached hydrogen (secondary N) is 2. The monoisotopic (exact) mass is 394 g/mol. The van der Waals surface area contributed by atoms with E-state index in [0.29, 0.717) is 10.0 Å². The average molecular weight is 395 g/mol. The fraction of sp³-hybridized carbons (Fsp3) is 0.350. The molecule has 0 aromatic heterocycles. The van der Waals surface area contributed by atoms with Crippen LogP contribution >= 0.6 is 23.2 Å². The van der Waals surface area contributed by atoms with Gasteiger partial charge in [-0.2, -0.15) is 0 Å². The van der Waals surface area contributed by atoms with Gasteiger partial charge in [-0.3, -0.25) is 4.79 Å². The minimum Gasteiger partial charge on any atom is -0.494 e. The molecule has 140 valence electrons. The van der Waals surface area contributed by atoms with E-state index >= 15 is 0 Å². The SMILES string of the molecule is CCCCCCOc1ccc(NC(=O)CNc2ccc(Cl)c(Cl)c2)cc1. The Labute approximate surface area is 164 Å². The van der Waals surface area contributed by atoms with Crippen molar-refractivity contribution in [3.05, 3.63) is 52.5 Å². The first-order valence-electron chi connectivity index (χ1n) is 8.80. The minimum atomic E-state index is -0.149. The smallest absolute Gasteiger partial charge is 0.243 e. The van der Waals surface area contributed by atoms with Crippen molar-refractivity contribution in [1.82, 2.24) is 0 Å². The van der Waals surface area contributed by atoms with Crippen LogP contribution in [-0.2, 0) is 4.79 Å². The molecule has 0 spiro atoms. The van der Waals surface area contributed by atoms with Crippen LogP contribution in [0.1, 0.15) is 32.6 Å². The highest BCUT2D eigenvalue weighted by Crippen LogP contribution is 2.24. The maximum absolute atomic E-state index is 12.0. The molecule has 1 amide bonds. The van der Waals surface area contributed by atoms with E-state index in [0.717, 1.165) is 30.2 Å². The van der Waals surface area contributed by atoms with Crippen LogP contribution in [0.2, 0.25) is 10.0 Å². The van der Waals surface area contributed by atoms with Gasteiger partial charge in [-0.25, -0.2) is 0 Å². The van der Waals surface area contributed by atoms with Crippen LogP contribution in [0.15, 0.2) is 42.5 Å². The van der Waals surface area contributed by atoms with E-state index in [1.165, 1.54) is 19.3 Å². The Hall–Kier alpha value is -1.91. The molecule has 0 aliphatic rings. The molecule has 0 saturated carbocycles. The molecule has 0 unspecified atom stereocenters. The average Bonchev–Trinajstić information content (AvgIpc) is 2.64. The highest BCUT2D eigenvalue weighted by Gasteiger charge is 2.04. The van der Waals surface area contributed by atoms with Crippen molar-refractivity contribution < 1.29 is 9.53 Å². The highest BCUT2D eigenvalue weighted by molar-refractivity contribution is 6.42. The third-order valence-electron chi connectivity index (χ3n) is 3.78. The Balaban J connectivity index is 1.73. The van der Waals surface area contributed by atoms with E-state index in [1.54, 1.807) is 18.2 Å². The van der Waals surface area contributed by atoms with Crippen LogP contribution in [0.5, 0.6) is 5.75 Å². The normalized spacial score (nSPS) is 10.4. The molecule has 0 heterocycles. The lowest BCUT2D eigenvalue weighted by Gasteiger charge is -2.10. The van der Waals surface area contributed by atoms with Gasteiger partial charge in [-0.05, 0) is 48.9 Å². The van der Waals surface area contributed by atoms with Gasteiger partial charge in [0.15, 0.2) is 0 Å². The standard InChI is InChI=1S/C20H24Cl2N2O2/c1-2-3-4-5-12-26-17-9-6-15(7-10-17)24-20(25)14-23-16-8-11-18(21)19(22)13-16/h6-11,13,23H,2-5,12,14H2,1H3,(H,24,25). The molecule has 0 bridgehead atoms. The first-order valence-corrected chi connectivity index (χ1v) is 9.55. The second kappa shape index (κ2) is 10.9. The zero-order valence-electron chi connectivity index (χ0n) is 14.9. The van der Waals surface area contributed by atoms with Gasteiger partial charge in [0, 0.05) is 11.4 Å². The summed E-state index contributed by atoms with van der Waals surface area (Å²) < 4.78 is 5.69. The summed E-state index contributed by atoms with van der Waals surface area (Å²) in [6.45, 7) is 3.04. The number of hydrogen-bond acceptors (Lipinski definition) is 3. The lowest BCUT2D eigenvalue weighted by atomic mass is 10.2. The molecule has 0 radical (unpaired) electrons. The summed E-state index contributed by atoms with van der Waals surface area (Å²) in [7, 11) is 0. The molecule has 0 aliphatic heterocycles. The van der Waals surface area contributed by atoms with Crippen LogP contribution in [0.3, 0.4) is 0 Å². The Morgan fingerprint density at radius 2 is 1.69 bits per heavy atom. The maximum atomic E-state index is 12.0. The number of benzene rings is 2. The number of anilines is 2. The number of carbonyl (C=O) groups is 1. The van der Waals surface area contributed by atoms with Crippen molar-refractivity contribution in [3.8, 4) is 5.75 Å². The Morgan fingerprint density at radius 1 is 0.962 bits per heavy atom. The van der Waals surface area contributed by atoms with Crippen molar-refractivity contribution in [3.63, 3.8) is 0 Å². The molecule has 26 heavy (non-hydrogen) atoms. The molecular formula is C20H24Cl2N2O2. The van der Waals surface area contributed by atoms with E-state index in [1.807, 2.05) is 24.3 Å².